The lowest BCUT2D eigenvalue weighted by atomic mass is 9.44. The Morgan fingerprint density at radius 3 is 2.79 bits per heavy atom. The molecular weight excluding hydrogens is 300 g/mol. The number of ether oxygens (including phenoxy) is 1. The number of carbonyl (C=O) groups excluding carboxylic acids is 1. The fourth-order valence-corrected chi connectivity index (χ4v) is 7.77. The summed E-state index contributed by atoms with van der Waals surface area (Å²) in [5.41, 5.74) is 1.38. The van der Waals surface area contributed by atoms with Crippen molar-refractivity contribution in [3.8, 4) is 0 Å². The van der Waals surface area contributed by atoms with Crippen LogP contribution in [0.1, 0.15) is 65.7 Å². The quantitative estimate of drug-likeness (QED) is 0.747. The Morgan fingerprint density at radius 2 is 2.04 bits per heavy atom. The van der Waals surface area contributed by atoms with E-state index in [1.807, 2.05) is 0 Å². The summed E-state index contributed by atoms with van der Waals surface area (Å²) in [6.07, 6.45) is 9.87. The fraction of sp³-hybridized carbons (Fsp3) is 0.857. The normalized spacial score (nSPS) is 58.0. The monoisotopic (exact) mass is 330 g/mol. The second-order valence-corrected chi connectivity index (χ2v) is 9.79. The predicted molar refractivity (Wildman–Crippen MR) is 91.4 cm³/mol. The minimum Gasteiger partial charge on any atom is -0.393 e. The van der Waals surface area contributed by atoms with Gasteiger partial charge in [-0.05, 0) is 74.2 Å². The van der Waals surface area contributed by atoms with E-state index in [-0.39, 0.29) is 28.3 Å². The predicted octanol–water partition coefficient (Wildman–Crippen LogP) is 3.65. The summed E-state index contributed by atoms with van der Waals surface area (Å²) in [5.74, 6) is 2.26. The first-order valence-corrected chi connectivity index (χ1v) is 9.89. The van der Waals surface area contributed by atoms with Gasteiger partial charge >= 0.3 is 0 Å². The Kier molecular flexibility index (Phi) is 2.94. The van der Waals surface area contributed by atoms with Crippen LogP contribution in [0.2, 0.25) is 0 Å². The summed E-state index contributed by atoms with van der Waals surface area (Å²) >= 11 is 0. The second kappa shape index (κ2) is 4.54. The minimum absolute atomic E-state index is 0.0327. The van der Waals surface area contributed by atoms with Crippen molar-refractivity contribution in [2.45, 2.75) is 83.5 Å². The lowest BCUT2D eigenvalue weighted by molar-refractivity contribution is -0.119. The van der Waals surface area contributed by atoms with Gasteiger partial charge in [-0.2, -0.15) is 0 Å². The van der Waals surface area contributed by atoms with Crippen molar-refractivity contribution in [1.29, 1.82) is 0 Å². The average molecular weight is 330 g/mol. The number of aliphatic hydroxyl groups excluding tert-OH is 1. The Hall–Kier alpha value is -0.670. The highest BCUT2D eigenvalue weighted by molar-refractivity contribution is 5.95. The lowest BCUT2D eigenvalue weighted by Gasteiger charge is -2.58. The van der Waals surface area contributed by atoms with E-state index in [1.165, 1.54) is 6.42 Å². The average Bonchev–Trinajstić information content (AvgIpc) is 3.08. The molecule has 0 aromatic heterocycles. The van der Waals surface area contributed by atoms with Gasteiger partial charge in [-0.25, -0.2) is 0 Å². The van der Waals surface area contributed by atoms with Crippen LogP contribution in [0.4, 0.5) is 0 Å². The van der Waals surface area contributed by atoms with E-state index >= 15 is 0 Å². The SMILES string of the molecule is CC(=O)C1=CC[C@@H]2[C@@H]3C[C@@H]4O[C@@]45C[C@H](O)CC[C@]5(C)[C@@H]3CC[C@]12C. The summed E-state index contributed by atoms with van der Waals surface area (Å²) in [6.45, 7) is 6.54. The third kappa shape index (κ3) is 1.64. The highest BCUT2D eigenvalue weighted by atomic mass is 16.6. The molecule has 0 unspecified atom stereocenters. The molecule has 4 aliphatic carbocycles. The molecule has 3 saturated carbocycles. The van der Waals surface area contributed by atoms with Gasteiger partial charge < -0.3 is 9.84 Å². The zero-order valence-electron chi connectivity index (χ0n) is 15.2. The molecule has 0 bridgehead atoms. The molecule has 0 aromatic rings. The molecule has 3 nitrogen and oxygen atoms in total. The third-order valence-corrected chi connectivity index (χ3v) is 9.02. The summed E-state index contributed by atoms with van der Waals surface area (Å²) in [5, 5.41) is 10.2. The van der Waals surface area contributed by atoms with Crippen LogP contribution in [0.5, 0.6) is 0 Å². The maximum absolute atomic E-state index is 12.1. The van der Waals surface area contributed by atoms with E-state index in [0.717, 1.165) is 44.1 Å². The molecule has 3 heteroatoms. The molecule has 1 spiro atoms. The van der Waals surface area contributed by atoms with E-state index in [0.29, 0.717) is 23.9 Å². The number of allylic oxidation sites excluding steroid dienone is 2. The van der Waals surface area contributed by atoms with E-state index in [4.69, 9.17) is 4.74 Å². The van der Waals surface area contributed by atoms with E-state index in [9.17, 15) is 9.90 Å². The van der Waals surface area contributed by atoms with Gasteiger partial charge in [-0.1, -0.05) is 19.9 Å². The number of aliphatic hydroxyl groups is 1. The standard InChI is InChI=1S/C21H30O3/c1-12(22)15-4-5-16-14-10-18-21(24-18)11-13(23)6-9-20(21,3)17(14)7-8-19(15,16)2/h4,13-14,16-18,23H,5-11H2,1-3H3/t13-,14+,16-,17-,18+,19-,20-,21+/m1/s1. The van der Waals surface area contributed by atoms with E-state index in [2.05, 4.69) is 19.9 Å². The molecule has 8 atom stereocenters. The Morgan fingerprint density at radius 1 is 1.25 bits per heavy atom. The number of hydrogen-bond donors (Lipinski definition) is 1. The van der Waals surface area contributed by atoms with Gasteiger partial charge in [0.25, 0.3) is 0 Å². The first-order chi connectivity index (χ1) is 11.3. The van der Waals surface area contributed by atoms with Gasteiger partial charge in [-0.15, -0.1) is 0 Å². The van der Waals surface area contributed by atoms with Gasteiger partial charge in [0, 0.05) is 11.8 Å². The van der Waals surface area contributed by atoms with Crippen LogP contribution >= 0.6 is 0 Å². The molecule has 132 valence electrons. The van der Waals surface area contributed by atoms with Crippen LogP contribution in [0.3, 0.4) is 0 Å². The van der Waals surface area contributed by atoms with Crippen LogP contribution < -0.4 is 0 Å². The molecule has 1 aliphatic heterocycles. The zero-order valence-corrected chi connectivity index (χ0v) is 15.2. The van der Waals surface area contributed by atoms with Gasteiger partial charge in [0.1, 0.15) is 5.60 Å². The van der Waals surface area contributed by atoms with Crippen LogP contribution in [-0.2, 0) is 9.53 Å². The number of rotatable bonds is 1. The van der Waals surface area contributed by atoms with Crippen molar-refractivity contribution in [1.82, 2.24) is 0 Å². The summed E-state index contributed by atoms with van der Waals surface area (Å²) in [7, 11) is 0. The van der Waals surface area contributed by atoms with Crippen molar-refractivity contribution in [2.24, 2.45) is 28.6 Å². The number of hydrogen-bond acceptors (Lipinski definition) is 3. The fourth-order valence-electron chi connectivity index (χ4n) is 7.77. The maximum atomic E-state index is 12.1. The van der Waals surface area contributed by atoms with Crippen LogP contribution in [-0.4, -0.2) is 28.7 Å². The first-order valence-electron chi connectivity index (χ1n) is 9.89. The molecule has 4 fully saturated rings. The van der Waals surface area contributed by atoms with Gasteiger partial charge in [-0.3, -0.25) is 4.79 Å². The number of carbonyl (C=O) groups is 1. The minimum atomic E-state index is -0.175. The van der Waals surface area contributed by atoms with E-state index in [1.54, 1.807) is 6.92 Å². The van der Waals surface area contributed by atoms with Gasteiger partial charge in [0.05, 0.1) is 12.2 Å². The molecule has 5 rings (SSSR count). The van der Waals surface area contributed by atoms with Crippen LogP contribution in [0.15, 0.2) is 11.6 Å². The topological polar surface area (TPSA) is 49.8 Å². The molecule has 5 aliphatic rings. The number of ketones is 1. The largest absolute Gasteiger partial charge is 0.393 e. The molecule has 0 radical (unpaired) electrons. The first kappa shape index (κ1) is 15.6. The summed E-state index contributed by atoms with van der Waals surface area (Å²) < 4.78 is 6.35. The zero-order chi connectivity index (χ0) is 16.9. The van der Waals surface area contributed by atoms with Crippen molar-refractivity contribution in [3.05, 3.63) is 11.6 Å². The Balaban J connectivity index is 1.50. The summed E-state index contributed by atoms with van der Waals surface area (Å²) in [6, 6.07) is 0. The highest BCUT2D eigenvalue weighted by Crippen LogP contribution is 2.73. The molecule has 1 saturated heterocycles. The number of fused-ring (bicyclic) bond motifs is 4. The van der Waals surface area contributed by atoms with E-state index < -0.39 is 0 Å². The highest BCUT2D eigenvalue weighted by Gasteiger charge is 2.75. The van der Waals surface area contributed by atoms with Crippen LogP contribution in [0, 0.1) is 28.6 Å². The molecule has 0 aromatic carbocycles. The van der Waals surface area contributed by atoms with Gasteiger partial charge in [0.15, 0.2) is 5.78 Å². The second-order valence-electron chi connectivity index (χ2n) is 9.79. The van der Waals surface area contributed by atoms with Crippen molar-refractivity contribution in [3.63, 3.8) is 0 Å². The van der Waals surface area contributed by atoms with Crippen molar-refractivity contribution in [2.75, 3.05) is 0 Å². The Labute approximate surface area is 144 Å². The lowest BCUT2D eigenvalue weighted by Crippen LogP contribution is -2.58. The Bertz CT molecular complexity index is 639. The smallest absolute Gasteiger partial charge is 0.156 e. The third-order valence-electron chi connectivity index (χ3n) is 9.02. The van der Waals surface area contributed by atoms with Gasteiger partial charge in [0.2, 0.25) is 0 Å². The molecule has 24 heavy (non-hydrogen) atoms. The van der Waals surface area contributed by atoms with Crippen molar-refractivity contribution >= 4 is 5.78 Å². The molecule has 1 heterocycles. The van der Waals surface area contributed by atoms with Crippen LogP contribution in [0.25, 0.3) is 0 Å². The summed E-state index contributed by atoms with van der Waals surface area (Å²) in [4.78, 5) is 12.1. The molecule has 0 amide bonds. The van der Waals surface area contributed by atoms with Crippen molar-refractivity contribution < 1.29 is 14.6 Å². The molecule has 1 N–H and O–H groups in total. The number of Topliss-reactive ketones (excluding diaryl/α,β-unsaturated/α-hetero) is 1. The number of epoxide rings is 1. The molecular formula is C21H30O3. The maximum Gasteiger partial charge on any atom is 0.156 e.